The van der Waals surface area contributed by atoms with E-state index in [0.29, 0.717) is 11.4 Å². The number of fused-ring (bicyclic) bond motifs is 3. The molecular formula is C29H26ClN3O3S. The Kier molecular flexibility index (Phi) is 6.43. The fraction of sp³-hybridized carbons (Fsp3) is 0.138. The van der Waals surface area contributed by atoms with Crippen molar-refractivity contribution in [2.75, 3.05) is 10.0 Å². The van der Waals surface area contributed by atoms with Crippen LogP contribution in [0.2, 0.25) is 5.02 Å². The number of amides is 1. The van der Waals surface area contributed by atoms with Crippen molar-refractivity contribution in [2.45, 2.75) is 32.2 Å². The monoisotopic (exact) mass is 531 g/mol. The van der Waals surface area contributed by atoms with Gasteiger partial charge >= 0.3 is 0 Å². The fourth-order valence-electron chi connectivity index (χ4n) is 4.65. The molecule has 0 radical (unpaired) electrons. The van der Waals surface area contributed by atoms with Crippen molar-refractivity contribution in [1.29, 1.82) is 0 Å². The Morgan fingerprint density at radius 1 is 0.892 bits per heavy atom. The fourth-order valence-corrected chi connectivity index (χ4v) is 6.31. The number of carbonyl (C=O) groups excluding carboxylic acids is 1. The van der Waals surface area contributed by atoms with Crippen LogP contribution < -0.4 is 10.0 Å². The second kappa shape index (κ2) is 9.57. The van der Waals surface area contributed by atoms with E-state index in [2.05, 4.69) is 33.7 Å². The number of sulfonamides is 1. The summed E-state index contributed by atoms with van der Waals surface area (Å²) in [6, 6.07) is 23.6. The van der Waals surface area contributed by atoms with E-state index >= 15 is 0 Å². The van der Waals surface area contributed by atoms with Crippen LogP contribution in [0, 0.1) is 13.8 Å². The number of benzene rings is 4. The molecule has 0 atom stereocenters. The van der Waals surface area contributed by atoms with E-state index in [9.17, 15) is 13.2 Å². The van der Waals surface area contributed by atoms with Crippen LogP contribution in [0.4, 0.5) is 11.4 Å². The maximum Gasteiger partial charge on any atom is 0.263 e. The summed E-state index contributed by atoms with van der Waals surface area (Å²) in [5, 5.41) is 5.07. The van der Waals surface area contributed by atoms with Crippen LogP contribution in [0.25, 0.3) is 21.8 Å². The molecule has 2 N–H and O–H groups in total. The quantitative estimate of drug-likeness (QED) is 0.244. The summed E-state index contributed by atoms with van der Waals surface area (Å²) >= 11 is 6.26. The zero-order chi connectivity index (χ0) is 26.3. The molecule has 1 aromatic heterocycles. The normalized spacial score (nSPS) is 11.7. The lowest BCUT2D eigenvalue weighted by Crippen LogP contribution is -2.17. The number of aryl methyl sites for hydroxylation is 3. The number of anilines is 2. The predicted molar refractivity (Wildman–Crippen MR) is 151 cm³/mol. The minimum absolute atomic E-state index is 0.0302. The number of para-hydroxylation sites is 1. The summed E-state index contributed by atoms with van der Waals surface area (Å²) in [5.74, 6) is -0.432. The molecule has 188 valence electrons. The van der Waals surface area contributed by atoms with E-state index in [1.165, 1.54) is 18.2 Å². The number of carbonyl (C=O) groups is 1. The third-order valence-electron chi connectivity index (χ3n) is 6.46. The van der Waals surface area contributed by atoms with Gasteiger partial charge in [-0.2, -0.15) is 0 Å². The average Bonchev–Trinajstić information content (AvgIpc) is 3.19. The zero-order valence-corrected chi connectivity index (χ0v) is 22.2. The Labute approximate surface area is 220 Å². The first-order valence-electron chi connectivity index (χ1n) is 11.9. The lowest BCUT2D eigenvalue weighted by Gasteiger charge is -2.13. The van der Waals surface area contributed by atoms with Crippen molar-refractivity contribution >= 4 is 60.7 Å². The molecule has 4 aromatic carbocycles. The number of aromatic nitrogens is 1. The molecule has 0 saturated heterocycles. The molecule has 0 saturated carbocycles. The lowest BCUT2D eigenvalue weighted by atomic mass is 10.1. The molecule has 0 fully saturated rings. The second-order valence-corrected chi connectivity index (χ2v) is 11.1. The molecular weight excluding hydrogens is 506 g/mol. The van der Waals surface area contributed by atoms with E-state index in [-0.39, 0.29) is 15.5 Å². The van der Waals surface area contributed by atoms with Crippen LogP contribution in [-0.2, 0) is 16.6 Å². The van der Waals surface area contributed by atoms with Crippen LogP contribution in [0.5, 0.6) is 0 Å². The van der Waals surface area contributed by atoms with Gasteiger partial charge in [0.2, 0.25) is 0 Å². The Morgan fingerprint density at radius 2 is 1.65 bits per heavy atom. The zero-order valence-electron chi connectivity index (χ0n) is 20.7. The standard InChI is InChI=1S/C29H26ClN3O3S/c1-4-33-26-8-6-5-7-22(26)23-17-21(11-14-27(23)33)31-29(34)20-10-12-24(30)28(16-20)37(35,36)32-25-13-9-18(2)15-19(25)3/h5-17,32H,4H2,1-3H3,(H,31,34). The minimum Gasteiger partial charge on any atom is -0.341 e. The highest BCUT2D eigenvalue weighted by Gasteiger charge is 2.21. The van der Waals surface area contributed by atoms with Gasteiger partial charge in [0.15, 0.2) is 0 Å². The average molecular weight is 532 g/mol. The highest BCUT2D eigenvalue weighted by Crippen LogP contribution is 2.32. The molecule has 0 bridgehead atoms. The smallest absolute Gasteiger partial charge is 0.263 e. The van der Waals surface area contributed by atoms with Gasteiger partial charge in [-0.3, -0.25) is 9.52 Å². The number of halogens is 1. The van der Waals surface area contributed by atoms with Crippen LogP contribution in [0.15, 0.2) is 83.8 Å². The van der Waals surface area contributed by atoms with E-state index in [1.807, 2.05) is 56.3 Å². The third-order valence-corrected chi connectivity index (χ3v) is 8.30. The van der Waals surface area contributed by atoms with E-state index in [0.717, 1.165) is 39.5 Å². The second-order valence-electron chi connectivity index (χ2n) is 9.02. The maximum atomic E-state index is 13.2. The highest BCUT2D eigenvalue weighted by atomic mass is 35.5. The molecule has 0 aliphatic rings. The summed E-state index contributed by atoms with van der Waals surface area (Å²) in [7, 11) is -4.03. The van der Waals surface area contributed by atoms with Crippen molar-refractivity contribution < 1.29 is 13.2 Å². The van der Waals surface area contributed by atoms with Crippen molar-refractivity contribution in [3.05, 3.63) is 101 Å². The van der Waals surface area contributed by atoms with Crippen LogP contribution in [0.3, 0.4) is 0 Å². The van der Waals surface area contributed by atoms with Gasteiger partial charge in [0.25, 0.3) is 15.9 Å². The molecule has 8 heteroatoms. The summed E-state index contributed by atoms with van der Waals surface area (Å²) in [4.78, 5) is 13.0. The highest BCUT2D eigenvalue weighted by molar-refractivity contribution is 7.92. The Balaban J connectivity index is 1.45. The Morgan fingerprint density at radius 3 is 2.41 bits per heavy atom. The predicted octanol–water partition coefficient (Wildman–Crippen LogP) is 7.14. The van der Waals surface area contributed by atoms with Crippen molar-refractivity contribution in [3.63, 3.8) is 0 Å². The molecule has 0 aliphatic heterocycles. The molecule has 0 unspecified atom stereocenters. The number of nitrogens with one attached hydrogen (secondary N) is 2. The number of rotatable bonds is 6. The van der Waals surface area contributed by atoms with E-state index in [1.54, 1.807) is 6.07 Å². The molecule has 5 aromatic rings. The molecule has 1 heterocycles. The minimum atomic E-state index is -4.03. The molecule has 5 rings (SSSR count). The summed E-state index contributed by atoms with van der Waals surface area (Å²) < 4.78 is 31.1. The van der Waals surface area contributed by atoms with E-state index in [4.69, 9.17) is 11.6 Å². The molecule has 0 spiro atoms. The molecule has 37 heavy (non-hydrogen) atoms. The number of hydrogen-bond donors (Lipinski definition) is 2. The van der Waals surface area contributed by atoms with Gasteiger partial charge in [-0.05, 0) is 74.9 Å². The van der Waals surface area contributed by atoms with E-state index < -0.39 is 15.9 Å². The van der Waals surface area contributed by atoms with Gasteiger partial charge in [-0.25, -0.2) is 8.42 Å². The first kappa shape index (κ1) is 24.9. The van der Waals surface area contributed by atoms with Crippen molar-refractivity contribution in [1.82, 2.24) is 4.57 Å². The summed E-state index contributed by atoms with van der Waals surface area (Å²) in [6.45, 7) is 6.69. The van der Waals surface area contributed by atoms with Crippen LogP contribution >= 0.6 is 11.6 Å². The van der Waals surface area contributed by atoms with Gasteiger partial charge in [-0.1, -0.05) is 47.5 Å². The van der Waals surface area contributed by atoms with Crippen LogP contribution in [-0.4, -0.2) is 18.9 Å². The van der Waals surface area contributed by atoms with Gasteiger partial charge in [-0.15, -0.1) is 0 Å². The summed E-state index contributed by atoms with van der Waals surface area (Å²) in [6.07, 6.45) is 0. The molecule has 0 aliphatic carbocycles. The summed E-state index contributed by atoms with van der Waals surface area (Å²) in [5.41, 5.74) is 5.27. The number of hydrogen-bond acceptors (Lipinski definition) is 3. The topological polar surface area (TPSA) is 80.2 Å². The first-order valence-corrected chi connectivity index (χ1v) is 13.8. The lowest BCUT2D eigenvalue weighted by molar-refractivity contribution is 0.102. The van der Waals surface area contributed by atoms with Gasteiger partial charge in [0.1, 0.15) is 4.90 Å². The van der Waals surface area contributed by atoms with Crippen LogP contribution in [0.1, 0.15) is 28.4 Å². The molecule has 6 nitrogen and oxygen atoms in total. The Hall–Kier alpha value is -3.81. The molecule has 1 amide bonds. The van der Waals surface area contributed by atoms with Crippen molar-refractivity contribution in [2.24, 2.45) is 0 Å². The van der Waals surface area contributed by atoms with Gasteiger partial charge < -0.3 is 9.88 Å². The first-order chi connectivity index (χ1) is 17.7. The third kappa shape index (κ3) is 4.68. The maximum absolute atomic E-state index is 13.2. The Bertz CT molecular complexity index is 1790. The SMILES string of the molecule is CCn1c2ccccc2c2cc(NC(=O)c3ccc(Cl)c(S(=O)(=O)Nc4ccc(C)cc4C)c3)ccc21. The largest absolute Gasteiger partial charge is 0.341 e. The number of nitrogens with zero attached hydrogens (tertiary/aromatic N) is 1. The van der Waals surface area contributed by atoms with Gasteiger partial charge in [0, 0.05) is 39.6 Å². The van der Waals surface area contributed by atoms with Gasteiger partial charge in [0.05, 0.1) is 10.7 Å². The van der Waals surface area contributed by atoms with Crippen molar-refractivity contribution in [3.8, 4) is 0 Å².